The van der Waals surface area contributed by atoms with Gasteiger partial charge in [0.15, 0.2) is 0 Å². The zero-order valence-electron chi connectivity index (χ0n) is 16.4. The number of nitriles is 1. The van der Waals surface area contributed by atoms with Crippen molar-refractivity contribution in [3.05, 3.63) is 64.7 Å². The maximum absolute atomic E-state index is 12.7. The standard InChI is InChI=1S/C24H24N2O2S/c25-16-18-8-10-19(11-9-18)17-28-23(27)15-24(12-4-1-5-13-24)14-22-26-20-6-2-3-7-21(20)29-22/h2-3,6-11H,1,4-5,12-15,17H2. The Bertz CT molecular complexity index is 994. The Labute approximate surface area is 175 Å². The van der Waals surface area contributed by atoms with E-state index < -0.39 is 0 Å². The Hall–Kier alpha value is -2.71. The SMILES string of the molecule is N#Cc1ccc(COC(=O)CC2(Cc3nc4ccccc4s3)CCCCC2)cc1. The monoisotopic (exact) mass is 404 g/mol. The Balaban J connectivity index is 1.42. The van der Waals surface area contributed by atoms with E-state index in [1.165, 1.54) is 11.1 Å². The highest BCUT2D eigenvalue weighted by molar-refractivity contribution is 7.18. The van der Waals surface area contributed by atoms with Crippen molar-refractivity contribution in [3.63, 3.8) is 0 Å². The Kier molecular flexibility index (Phi) is 5.92. The second-order valence-electron chi connectivity index (χ2n) is 7.96. The molecule has 1 saturated carbocycles. The van der Waals surface area contributed by atoms with Crippen LogP contribution in [0.4, 0.5) is 0 Å². The van der Waals surface area contributed by atoms with E-state index in [-0.39, 0.29) is 18.0 Å². The number of hydrogen-bond donors (Lipinski definition) is 0. The van der Waals surface area contributed by atoms with Crippen molar-refractivity contribution in [3.8, 4) is 6.07 Å². The van der Waals surface area contributed by atoms with Crippen molar-refractivity contribution in [2.24, 2.45) is 5.41 Å². The summed E-state index contributed by atoms with van der Waals surface area (Å²) in [6.45, 7) is 0.252. The van der Waals surface area contributed by atoms with Crippen LogP contribution in [-0.4, -0.2) is 11.0 Å². The van der Waals surface area contributed by atoms with Gasteiger partial charge in [0.25, 0.3) is 0 Å². The maximum Gasteiger partial charge on any atom is 0.306 e. The van der Waals surface area contributed by atoms with Gasteiger partial charge in [-0.2, -0.15) is 5.26 Å². The minimum absolute atomic E-state index is 0.0477. The van der Waals surface area contributed by atoms with Gasteiger partial charge in [-0.25, -0.2) is 4.98 Å². The molecule has 0 spiro atoms. The van der Waals surface area contributed by atoms with Crippen LogP contribution in [-0.2, 0) is 22.6 Å². The zero-order valence-corrected chi connectivity index (χ0v) is 17.2. The van der Waals surface area contributed by atoms with Gasteiger partial charge in [-0.3, -0.25) is 4.79 Å². The number of benzene rings is 2. The van der Waals surface area contributed by atoms with E-state index in [0.29, 0.717) is 12.0 Å². The van der Waals surface area contributed by atoms with Crippen LogP contribution in [0.3, 0.4) is 0 Å². The number of carbonyl (C=O) groups is 1. The highest BCUT2D eigenvalue weighted by atomic mass is 32.1. The van der Waals surface area contributed by atoms with E-state index in [4.69, 9.17) is 15.0 Å². The topological polar surface area (TPSA) is 63.0 Å². The van der Waals surface area contributed by atoms with Gasteiger partial charge in [0, 0.05) is 6.42 Å². The predicted octanol–water partition coefficient (Wildman–Crippen LogP) is 5.79. The Morgan fingerprint density at radius 1 is 1.10 bits per heavy atom. The molecule has 0 radical (unpaired) electrons. The smallest absolute Gasteiger partial charge is 0.306 e. The molecule has 2 aromatic carbocycles. The Morgan fingerprint density at radius 2 is 1.86 bits per heavy atom. The van der Waals surface area contributed by atoms with Gasteiger partial charge in [-0.1, -0.05) is 43.5 Å². The third-order valence-corrected chi connectivity index (χ3v) is 6.82. The number of rotatable bonds is 6. The number of ether oxygens (including phenoxy) is 1. The molecule has 0 bridgehead atoms. The summed E-state index contributed by atoms with van der Waals surface area (Å²) in [7, 11) is 0. The quantitative estimate of drug-likeness (QED) is 0.488. The van der Waals surface area contributed by atoms with Crippen LogP contribution in [0.1, 0.15) is 54.7 Å². The normalized spacial score (nSPS) is 15.7. The number of carbonyl (C=O) groups excluding carboxylic acids is 1. The molecule has 4 nitrogen and oxygen atoms in total. The molecule has 5 heteroatoms. The number of para-hydroxylation sites is 1. The second kappa shape index (κ2) is 8.75. The Morgan fingerprint density at radius 3 is 2.59 bits per heavy atom. The number of esters is 1. The predicted molar refractivity (Wildman–Crippen MR) is 114 cm³/mol. The minimum atomic E-state index is -0.141. The molecule has 1 fully saturated rings. The van der Waals surface area contributed by atoms with E-state index in [0.717, 1.165) is 48.2 Å². The average molecular weight is 405 g/mol. The number of aromatic nitrogens is 1. The van der Waals surface area contributed by atoms with Crippen molar-refractivity contribution in [1.82, 2.24) is 4.98 Å². The number of thiazole rings is 1. The number of nitrogens with zero attached hydrogens (tertiary/aromatic N) is 2. The molecule has 1 aliphatic carbocycles. The van der Waals surface area contributed by atoms with Crippen molar-refractivity contribution < 1.29 is 9.53 Å². The molecule has 148 valence electrons. The molecule has 0 unspecified atom stereocenters. The highest BCUT2D eigenvalue weighted by Crippen LogP contribution is 2.43. The molecular formula is C24H24N2O2S. The highest BCUT2D eigenvalue weighted by Gasteiger charge is 2.36. The lowest BCUT2D eigenvalue weighted by molar-refractivity contribution is -0.148. The molecule has 0 saturated heterocycles. The summed E-state index contributed by atoms with van der Waals surface area (Å²) >= 11 is 1.74. The summed E-state index contributed by atoms with van der Waals surface area (Å²) in [5.74, 6) is -0.141. The van der Waals surface area contributed by atoms with Crippen molar-refractivity contribution in [2.75, 3.05) is 0 Å². The van der Waals surface area contributed by atoms with Gasteiger partial charge in [0.2, 0.25) is 0 Å². The summed E-state index contributed by atoms with van der Waals surface area (Å²) in [4.78, 5) is 17.5. The largest absolute Gasteiger partial charge is 0.461 e. The molecule has 0 atom stereocenters. The van der Waals surface area contributed by atoms with Gasteiger partial charge in [0.05, 0.1) is 33.3 Å². The lowest BCUT2D eigenvalue weighted by Gasteiger charge is -2.36. The van der Waals surface area contributed by atoms with Crippen LogP contribution >= 0.6 is 11.3 Å². The first kappa shape index (κ1) is 19.6. The third kappa shape index (κ3) is 4.83. The average Bonchev–Trinajstić information content (AvgIpc) is 3.15. The van der Waals surface area contributed by atoms with Crippen LogP contribution in [0.5, 0.6) is 0 Å². The number of fused-ring (bicyclic) bond motifs is 1. The van der Waals surface area contributed by atoms with E-state index in [2.05, 4.69) is 18.2 Å². The molecule has 0 aliphatic heterocycles. The van der Waals surface area contributed by atoms with E-state index in [1.807, 2.05) is 24.3 Å². The third-order valence-electron chi connectivity index (χ3n) is 5.78. The molecular weight excluding hydrogens is 380 g/mol. The van der Waals surface area contributed by atoms with Crippen molar-refractivity contribution in [2.45, 2.75) is 51.6 Å². The zero-order chi connectivity index (χ0) is 20.1. The molecule has 4 rings (SSSR count). The first-order valence-corrected chi connectivity index (χ1v) is 11.0. The van der Waals surface area contributed by atoms with E-state index >= 15 is 0 Å². The lowest BCUT2D eigenvalue weighted by Crippen LogP contribution is -2.30. The second-order valence-corrected chi connectivity index (χ2v) is 9.07. The summed E-state index contributed by atoms with van der Waals surface area (Å²) in [6.07, 6.45) is 6.95. The summed E-state index contributed by atoms with van der Waals surface area (Å²) in [5, 5.41) is 10.0. The fourth-order valence-corrected chi connectivity index (χ4v) is 5.37. The maximum atomic E-state index is 12.7. The van der Waals surface area contributed by atoms with E-state index in [9.17, 15) is 4.79 Å². The molecule has 0 N–H and O–H groups in total. The molecule has 1 aromatic heterocycles. The van der Waals surface area contributed by atoms with Crippen LogP contribution in [0.15, 0.2) is 48.5 Å². The summed E-state index contributed by atoms with van der Waals surface area (Å²) < 4.78 is 6.79. The first-order chi connectivity index (χ1) is 14.2. The summed E-state index contributed by atoms with van der Waals surface area (Å²) in [5.41, 5.74) is 2.51. The van der Waals surface area contributed by atoms with Crippen molar-refractivity contribution >= 4 is 27.5 Å². The fourth-order valence-electron chi connectivity index (χ4n) is 4.23. The van der Waals surface area contributed by atoms with Gasteiger partial charge in [-0.15, -0.1) is 11.3 Å². The van der Waals surface area contributed by atoms with Crippen LogP contribution < -0.4 is 0 Å². The van der Waals surface area contributed by atoms with Gasteiger partial charge in [-0.05, 0) is 48.1 Å². The number of hydrogen-bond acceptors (Lipinski definition) is 5. The van der Waals surface area contributed by atoms with Crippen LogP contribution in [0, 0.1) is 16.7 Å². The van der Waals surface area contributed by atoms with Gasteiger partial charge >= 0.3 is 5.97 Å². The molecule has 0 amide bonds. The minimum Gasteiger partial charge on any atom is -0.461 e. The molecule has 3 aromatic rings. The first-order valence-electron chi connectivity index (χ1n) is 10.1. The van der Waals surface area contributed by atoms with E-state index in [1.54, 1.807) is 23.5 Å². The molecule has 1 aliphatic rings. The molecule has 1 heterocycles. The van der Waals surface area contributed by atoms with Gasteiger partial charge < -0.3 is 4.74 Å². The fraction of sp³-hybridized carbons (Fsp3) is 0.375. The van der Waals surface area contributed by atoms with Crippen LogP contribution in [0.2, 0.25) is 0 Å². The van der Waals surface area contributed by atoms with Crippen LogP contribution in [0.25, 0.3) is 10.2 Å². The molecule has 29 heavy (non-hydrogen) atoms. The lowest BCUT2D eigenvalue weighted by atomic mass is 9.70. The van der Waals surface area contributed by atoms with Crippen molar-refractivity contribution in [1.29, 1.82) is 5.26 Å². The van der Waals surface area contributed by atoms with Gasteiger partial charge in [0.1, 0.15) is 6.61 Å². The summed E-state index contributed by atoms with van der Waals surface area (Å²) in [6, 6.07) is 17.5.